The van der Waals surface area contributed by atoms with Crippen LogP contribution in [0.25, 0.3) is 10.7 Å². The van der Waals surface area contributed by atoms with Crippen molar-refractivity contribution < 1.29 is 13.2 Å². The summed E-state index contributed by atoms with van der Waals surface area (Å²) in [5, 5.41) is 14.1. The normalized spacial score (nSPS) is 18.0. The first-order chi connectivity index (χ1) is 14.0. The molecule has 152 valence electrons. The van der Waals surface area contributed by atoms with Gasteiger partial charge in [0.1, 0.15) is 0 Å². The zero-order valence-electron chi connectivity index (χ0n) is 15.5. The zero-order valence-corrected chi connectivity index (χ0v) is 18.0. The van der Waals surface area contributed by atoms with Gasteiger partial charge in [0.25, 0.3) is 0 Å². The van der Waals surface area contributed by atoms with Gasteiger partial charge >= 0.3 is 0 Å². The van der Waals surface area contributed by atoms with E-state index in [0.717, 1.165) is 16.3 Å². The average Bonchev–Trinajstić information content (AvgIpc) is 3.42. The molecule has 10 heteroatoms. The Kier molecular flexibility index (Phi) is 6.02. The van der Waals surface area contributed by atoms with Crippen LogP contribution in [0, 0.1) is 0 Å². The summed E-state index contributed by atoms with van der Waals surface area (Å²) in [7, 11) is -3.02. The molecule has 3 heterocycles. The molecule has 0 spiro atoms. The lowest BCUT2D eigenvalue weighted by molar-refractivity contribution is -0.119. The number of hydrogen-bond donors (Lipinski definition) is 1. The summed E-state index contributed by atoms with van der Waals surface area (Å²) in [5.74, 6) is 0.905. The van der Waals surface area contributed by atoms with E-state index >= 15 is 0 Å². The first-order valence-electron chi connectivity index (χ1n) is 9.14. The summed E-state index contributed by atoms with van der Waals surface area (Å²) in [4.78, 5) is 13.3. The average molecular weight is 449 g/mol. The Labute approximate surface area is 177 Å². The monoisotopic (exact) mass is 448 g/mol. The number of benzene rings is 1. The predicted molar refractivity (Wildman–Crippen MR) is 115 cm³/mol. The van der Waals surface area contributed by atoms with E-state index in [4.69, 9.17) is 0 Å². The van der Waals surface area contributed by atoms with Crippen molar-refractivity contribution in [2.45, 2.75) is 24.2 Å². The van der Waals surface area contributed by atoms with Crippen LogP contribution in [0.5, 0.6) is 0 Å². The molecule has 3 aromatic rings. The highest BCUT2D eigenvalue weighted by molar-refractivity contribution is 7.99. The third-order valence-corrected chi connectivity index (χ3v) is 8.17. The maximum atomic E-state index is 12.3. The number of sulfone groups is 1. The Morgan fingerprint density at radius 3 is 2.72 bits per heavy atom. The third-order valence-electron chi connectivity index (χ3n) is 4.57. The van der Waals surface area contributed by atoms with Gasteiger partial charge in [0.05, 0.1) is 28.7 Å². The fourth-order valence-electron chi connectivity index (χ4n) is 3.20. The van der Waals surface area contributed by atoms with Gasteiger partial charge in [0.2, 0.25) is 5.91 Å². The molecule has 1 atom stereocenters. The summed E-state index contributed by atoms with van der Waals surface area (Å²) in [6, 6.07) is 13.7. The van der Waals surface area contributed by atoms with Crippen molar-refractivity contribution in [3.05, 3.63) is 53.4 Å². The van der Waals surface area contributed by atoms with E-state index in [1.807, 2.05) is 52.4 Å². The van der Waals surface area contributed by atoms with Crippen molar-refractivity contribution >= 4 is 38.8 Å². The lowest BCUT2D eigenvalue weighted by Gasteiger charge is -2.12. The summed E-state index contributed by atoms with van der Waals surface area (Å²) >= 11 is 2.90. The molecule has 1 aromatic carbocycles. The van der Waals surface area contributed by atoms with Crippen LogP contribution < -0.4 is 5.32 Å². The molecule has 29 heavy (non-hydrogen) atoms. The van der Waals surface area contributed by atoms with E-state index in [1.165, 1.54) is 11.8 Å². The molecule has 2 aromatic heterocycles. The first kappa shape index (κ1) is 20.1. The smallest absolute Gasteiger partial charge is 0.230 e. The molecule has 0 bridgehead atoms. The number of aromatic nitrogens is 3. The fraction of sp³-hybridized carbons (Fsp3) is 0.316. The van der Waals surface area contributed by atoms with Crippen LogP contribution in [-0.4, -0.2) is 52.4 Å². The van der Waals surface area contributed by atoms with Crippen molar-refractivity contribution in [3.8, 4) is 10.7 Å². The van der Waals surface area contributed by atoms with Crippen LogP contribution in [0.1, 0.15) is 12.0 Å². The molecular formula is C19H20N4O3S3. The zero-order chi connectivity index (χ0) is 20.3. The molecule has 1 aliphatic rings. The molecule has 1 saturated heterocycles. The van der Waals surface area contributed by atoms with Crippen LogP contribution in [0.15, 0.2) is 53.0 Å². The van der Waals surface area contributed by atoms with Crippen molar-refractivity contribution in [2.75, 3.05) is 17.3 Å². The summed E-state index contributed by atoms with van der Waals surface area (Å²) < 4.78 is 25.1. The number of thioether (sulfide) groups is 1. The van der Waals surface area contributed by atoms with Crippen LogP contribution in [0.2, 0.25) is 0 Å². The lowest BCUT2D eigenvalue weighted by atomic mass is 10.2. The highest BCUT2D eigenvalue weighted by Gasteiger charge is 2.29. The maximum Gasteiger partial charge on any atom is 0.230 e. The van der Waals surface area contributed by atoms with Crippen LogP contribution in [0.4, 0.5) is 0 Å². The van der Waals surface area contributed by atoms with Gasteiger partial charge in [0.15, 0.2) is 20.8 Å². The molecule has 1 fully saturated rings. The summed E-state index contributed by atoms with van der Waals surface area (Å²) in [5.41, 5.74) is 1.12. The Bertz CT molecular complexity index is 1080. The van der Waals surface area contributed by atoms with Gasteiger partial charge in [0, 0.05) is 6.04 Å². The summed E-state index contributed by atoms with van der Waals surface area (Å²) in [6.45, 7) is 0.603. The number of thiophene rings is 1. The maximum absolute atomic E-state index is 12.3. The van der Waals surface area contributed by atoms with Gasteiger partial charge in [-0.1, -0.05) is 48.2 Å². The van der Waals surface area contributed by atoms with Crippen molar-refractivity contribution in [1.82, 2.24) is 20.1 Å². The predicted octanol–water partition coefficient (Wildman–Crippen LogP) is 2.45. The lowest BCUT2D eigenvalue weighted by Crippen LogP contribution is -2.36. The fourth-order valence-corrected chi connectivity index (χ4v) is 6.34. The topological polar surface area (TPSA) is 93.9 Å². The van der Waals surface area contributed by atoms with Gasteiger partial charge in [-0.05, 0) is 23.4 Å². The quantitative estimate of drug-likeness (QED) is 0.558. The van der Waals surface area contributed by atoms with E-state index in [9.17, 15) is 13.2 Å². The van der Waals surface area contributed by atoms with E-state index < -0.39 is 9.84 Å². The first-order valence-corrected chi connectivity index (χ1v) is 12.8. The van der Waals surface area contributed by atoms with Crippen LogP contribution in [-0.2, 0) is 21.2 Å². The van der Waals surface area contributed by atoms with Crippen LogP contribution in [0.3, 0.4) is 0 Å². The van der Waals surface area contributed by atoms with Gasteiger partial charge in [-0.3, -0.25) is 9.36 Å². The van der Waals surface area contributed by atoms with Gasteiger partial charge in [-0.15, -0.1) is 21.5 Å². The second-order valence-electron chi connectivity index (χ2n) is 6.81. The number of carbonyl (C=O) groups is 1. The standard InChI is InChI=1S/C19H20N4O3S3/c24-17(20-15-8-10-29(25,26)13-15)12-28-19-22-21-18(16-7-4-9-27-16)23(19)11-14-5-2-1-3-6-14/h1-7,9,15H,8,10-13H2,(H,20,24)/t15-/m0/s1. The molecule has 0 unspecified atom stereocenters. The molecule has 1 amide bonds. The highest BCUT2D eigenvalue weighted by Crippen LogP contribution is 2.28. The van der Waals surface area contributed by atoms with E-state index in [2.05, 4.69) is 15.5 Å². The van der Waals surface area contributed by atoms with Gasteiger partial charge in [-0.25, -0.2) is 8.42 Å². The molecular weight excluding hydrogens is 428 g/mol. The minimum absolute atomic E-state index is 0.0239. The Hall–Kier alpha value is -2.17. The molecule has 1 aliphatic heterocycles. The molecule has 0 aliphatic carbocycles. The van der Waals surface area contributed by atoms with Gasteiger partial charge < -0.3 is 5.32 Å². The van der Waals surface area contributed by atoms with E-state index in [0.29, 0.717) is 18.1 Å². The molecule has 0 saturated carbocycles. The number of nitrogens with one attached hydrogen (secondary N) is 1. The Balaban J connectivity index is 1.47. The molecule has 0 radical (unpaired) electrons. The molecule has 4 rings (SSSR count). The Morgan fingerprint density at radius 1 is 1.21 bits per heavy atom. The third kappa shape index (κ3) is 5.06. The second kappa shape index (κ2) is 8.68. The largest absolute Gasteiger partial charge is 0.352 e. The van der Waals surface area contributed by atoms with Crippen LogP contribution >= 0.6 is 23.1 Å². The number of carbonyl (C=O) groups excluding carboxylic acids is 1. The SMILES string of the molecule is O=C(CSc1nnc(-c2cccs2)n1Cc1ccccc1)N[C@H]1CCS(=O)(=O)C1. The number of rotatable bonds is 7. The van der Waals surface area contributed by atoms with Crippen molar-refractivity contribution in [2.24, 2.45) is 0 Å². The second-order valence-corrected chi connectivity index (χ2v) is 10.9. The summed E-state index contributed by atoms with van der Waals surface area (Å²) in [6.07, 6.45) is 0.478. The highest BCUT2D eigenvalue weighted by atomic mass is 32.2. The van der Waals surface area contributed by atoms with Gasteiger partial charge in [-0.2, -0.15) is 0 Å². The number of hydrogen-bond acceptors (Lipinski definition) is 7. The Morgan fingerprint density at radius 2 is 2.03 bits per heavy atom. The minimum atomic E-state index is -3.02. The molecule has 7 nitrogen and oxygen atoms in total. The van der Waals surface area contributed by atoms with E-state index in [1.54, 1.807) is 11.3 Å². The van der Waals surface area contributed by atoms with Crippen molar-refractivity contribution in [3.63, 3.8) is 0 Å². The van der Waals surface area contributed by atoms with E-state index in [-0.39, 0.29) is 29.2 Å². The minimum Gasteiger partial charge on any atom is -0.352 e. The molecule has 1 N–H and O–H groups in total. The number of nitrogens with zero attached hydrogens (tertiary/aromatic N) is 3. The number of amides is 1. The van der Waals surface area contributed by atoms with Crippen molar-refractivity contribution in [1.29, 1.82) is 0 Å².